The number of benzene rings is 1. The van der Waals surface area contributed by atoms with E-state index in [9.17, 15) is 4.79 Å². The van der Waals surface area contributed by atoms with E-state index in [0.717, 1.165) is 16.8 Å². The van der Waals surface area contributed by atoms with Crippen molar-refractivity contribution in [3.05, 3.63) is 41.2 Å². The molecule has 21 heavy (non-hydrogen) atoms. The number of rotatable bonds is 6. The molecular weight excluding hydrogens is 270 g/mol. The van der Waals surface area contributed by atoms with Gasteiger partial charge in [-0.1, -0.05) is 6.07 Å². The maximum Gasteiger partial charge on any atom is 0.258 e. The van der Waals surface area contributed by atoms with Crippen molar-refractivity contribution in [1.82, 2.24) is 15.5 Å². The largest absolute Gasteiger partial charge is 0.493 e. The number of carbonyl (C=O) groups excluding carboxylic acids is 1. The van der Waals surface area contributed by atoms with Crippen LogP contribution in [0.25, 0.3) is 0 Å². The van der Waals surface area contributed by atoms with Crippen molar-refractivity contribution in [2.24, 2.45) is 0 Å². The van der Waals surface area contributed by atoms with Crippen LogP contribution in [0, 0.1) is 13.8 Å². The molecule has 0 spiro atoms. The second-order valence-corrected chi connectivity index (χ2v) is 4.74. The molecule has 1 heterocycles. The summed E-state index contributed by atoms with van der Waals surface area (Å²) < 4.78 is 10.7. The lowest BCUT2D eigenvalue weighted by Crippen LogP contribution is -2.28. The molecule has 0 aliphatic heterocycles. The lowest BCUT2D eigenvalue weighted by molar-refractivity contribution is -0.123. The van der Waals surface area contributed by atoms with Gasteiger partial charge in [0.05, 0.1) is 13.3 Å². The molecule has 0 bridgehead atoms. The van der Waals surface area contributed by atoms with Crippen molar-refractivity contribution in [2.75, 3.05) is 13.7 Å². The zero-order chi connectivity index (χ0) is 15.2. The van der Waals surface area contributed by atoms with Crippen LogP contribution < -0.4 is 14.8 Å². The average molecular weight is 289 g/mol. The van der Waals surface area contributed by atoms with Crippen molar-refractivity contribution in [3.63, 3.8) is 0 Å². The summed E-state index contributed by atoms with van der Waals surface area (Å²) >= 11 is 0. The van der Waals surface area contributed by atoms with Crippen LogP contribution in [0.3, 0.4) is 0 Å². The summed E-state index contributed by atoms with van der Waals surface area (Å²) in [5.41, 5.74) is 2.96. The predicted octanol–water partition coefficient (Wildman–Crippen LogP) is 1.73. The zero-order valence-electron chi connectivity index (χ0n) is 12.4. The first kappa shape index (κ1) is 14.9. The van der Waals surface area contributed by atoms with E-state index in [1.165, 1.54) is 0 Å². The number of hydrogen-bond donors (Lipinski definition) is 2. The Kier molecular flexibility index (Phi) is 4.81. The first-order valence-electron chi connectivity index (χ1n) is 6.63. The minimum atomic E-state index is -0.196. The summed E-state index contributed by atoms with van der Waals surface area (Å²) in [5, 5.41) is 9.50. The van der Waals surface area contributed by atoms with Gasteiger partial charge in [-0.3, -0.25) is 9.89 Å². The number of nitrogens with one attached hydrogen (secondary N) is 2. The molecule has 0 saturated carbocycles. The highest BCUT2D eigenvalue weighted by Crippen LogP contribution is 2.27. The monoisotopic (exact) mass is 289 g/mol. The fourth-order valence-corrected chi connectivity index (χ4v) is 1.84. The van der Waals surface area contributed by atoms with Gasteiger partial charge in [-0.2, -0.15) is 5.10 Å². The van der Waals surface area contributed by atoms with Crippen LogP contribution in [-0.2, 0) is 11.3 Å². The summed E-state index contributed by atoms with van der Waals surface area (Å²) in [6.07, 6.45) is 1.69. The minimum Gasteiger partial charge on any atom is -0.493 e. The van der Waals surface area contributed by atoms with Crippen LogP contribution in [0.1, 0.15) is 16.8 Å². The molecule has 1 amide bonds. The van der Waals surface area contributed by atoms with Gasteiger partial charge in [0.15, 0.2) is 18.1 Å². The number of amides is 1. The number of methoxy groups -OCH3 is 1. The van der Waals surface area contributed by atoms with Crippen molar-refractivity contribution in [3.8, 4) is 11.5 Å². The highest BCUT2D eigenvalue weighted by atomic mass is 16.5. The number of aromatic nitrogens is 2. The molecule has 112 valence electrons. The number of hydrogen-bond acceptors (Lipinski definition) is 4. The molecule has 0 aliphatic carbocycles. The average Bonchev–Trinajstić information content (AvgIpc) is 2.89. The third kappa shape index (κ3) is 3.98. The van der Waals surface area contributed by atoms with E-state index in [-0.39, 0.29) is 12.5 Å². The van der Waals surface area contributed by atoms with Crippen LogP contribution in [0.5, 0.6) is 11.5 Å². The highest BCUT2D eigenvalue weighted by molar-refractivity contribution is 5.77. The molecule has 0 atom stereocenters. The Morgan fingerprint density at radius 2 is 2.14 bits per heavy atom. The number of carbonyl (C=O) groups is 1. The molecule has 1 aromatic heterocycles. The van der Waals surface area contributed by atoms with Crippen LogP contribution in [0.15, 0.2) is 24.4 Å². The number of aryl methyl sites for hydroxylation is 2. The van der Waals surface area contributed by atoms with E-state index in [1.807, 2.05) is 26.0 Å². The van der Waals surface area contributed by atoms with E-state index >= 15 is 0 Å². The lowest BCUT2D eigenvalue weighted by atomic mass is 10.2. The summed E-state index contributed by atoms with van der Waals surface area (Å²) in [6.45, 7) is 4.24. The van der Waals surface area contributed by atoms with Gasteiger partial charge in [-0.15, -0.1) is 0 Å². The Bertz CT molecular complexity index is 622. The van der Waals surface area contributed by atoms with Gasteiger partial charge in [0.1, 0.15) is 0 Å². The highest BCUT2D eigenvalue weighted by Gasteiger charge is 2.08. The Balaban J connectivity index is 1.85. The second-order valence-electron chi connectivity index (χ2n) is 4.74. The van der Waals surface area contributed by atoms with Gasteiger partial charge in [-0.25, -0.2) is 0 Å². The van der Waals surface area contributed by atoms with E-state index in [0.29, 0.717) is 18.0 Å². The molecule has 0 radical (unpaired) electrons. The van der Waals surface area contributed by atoms with Crippen molar-refractivity contribution in [2.45, 2.75) is 20.4 Å². The molecule has 2 rings (SSSR count). The minimum absolute atomic E-state index is 0.0592. The third-order valence-electron chi connectivity index (χ3n) is 3.09. The quantitative estimate of drug-likeness (QED) is 0.849. The fraction of sp³-hybridized carbons (Fsp3) is 0.333. The smallest absolute Gasteiger partial charge is 0.258 e. The van der Waals surface area contributed by atoms with Crippen LogP contribution in [0.2, 0.25) is 0 Å². The van der Waals surface area contributed by atoms with Crippen molar-refractivity contribution < 1.29 is 14.3 Å². The van der Waals surface area contributed by atoms with Crippen LogP contribution in [0.4, 0.5) is 0 Å². The SMILES string of the molecule is COc1cc(C)ccc1OCC(=O)NCc1cn[nH]c1C. The van der Waals surface area contributed by atoms with Gasteiger partial charge in [0.25, 0.3) is 5.91 Å². The van der Waals surface area contributed by atoms with E-state index in [4.69, 9.17) is 9.47 Å². The fourth-order valence-electron chi connectivity index (χ4n) is 1.84. The molecule has 6 nitrogen and oxygen atoms in total. The van der Waals surface area contributed by atoms with Gasteiger partial charge in [-0.05, 0) is 31.5 Å². The Morgan fingerprint density at radius 3 is 2.81 bits per heavy atom. The van der Waals surface area contributed by atoms with Crippen molar-refractivity contribution in [1.29, 1.82) is 0 Å². The third-order valence-corrected chi connectivity index (χ3v) is 3.09. The maximum absolute atomic E-state index is 11.8. The van der Waals surface area contributed by atoms with E-state index in [1.54, 1.807) is 19.4 Å². The van der Waals surface area contributed by atoms with Crippen LogP contribution >= 0.6 is 0 Å². The van der Waals surface area contributed by atoms with Crippen molar-refractivity contribution >= 4 is 5.91 Å². The Morgan fingerprint density at radius 1 is 1.33 bits per heavy atom. The van der Waals surface area contributed by atoms with Gasteiger partial charge in [0, 0.05) is 17.8 Å². The molecule has 0 fully saturated rings. The standard InChI is InChI=1S/C15H19N3O3/c1-10-4-5-13(14(6-10)20-3)21-9-15(19)16-7-12-8-17-18-11(12)2/h4-6,8H,7,9H2,1-3H3,(H,16,19)(H,17,18). The lowest BCUT2D eigenvalue weighted by Gasteiger charge is -2.11. The first-order valence-corrected chi connectivity index (χ1v) is 6.63. The topological polar surface area (TPSA) is 76.2 Å². The first-order chi connectivity index (χ1) is 10.1. The summed E-state index contributed by atoms with van der Waals surface area (Å²) in [5.74, 6) is 0.976. The molecule has 2 aromatic rings. The number of H-pyrrole nitrogens is 1. The summed E-state index contributed by atoms with van der Waals surface area (Å²) in [6, 6.07) is 5.56. The molecule has 1 aromatic carbocycles. The molecule has 0 unspecified atom stereocenters. The Labute approximate surface area is 123 Å². The number of nitrogens with zero attached hydrogens (tertiary/aromatic N) is 1. The maximum atomic E-state index is 11.8. The summed E-state index contributed by atoms with van der Waals surface area (Å²) in [7, 11) is 1.57. The van der Waals surface area contributed by atoms with Crippen LogP contribution in [-0.4, -0.2) is 29.8 Å². The van der Waals surface area contributed by atoms with E-state index < -0.39 is 0 Å². The molecule has 0 aliphatic rings. The summed E-state index contributed by atoms with van der Waals surface area (Å²) in [4.78, 5) is 11.8. The normalized spacial score (nSPS) is 10.2. The zero-order valence-corrected chi connectivity index (χ0v) is 12.4. The van der Waals surface area contributed by atoms with Gasteiger partial charge in [0.2, 0.25) is 0 Å². The molecule has 6 heteroatoms. The number of aromatic amines is 1. The second kappa shape index (κ2) is 6.78. The predicted molar refractivity (Wildman–Crippen MR) is 78.4 cm³/mol. The van der Waals surface area contributed by atoms with E-state index in [2.05, 4.69) is 15.5 Å². The molecule has 0 saturated heterocycles. The Hall–Kier alpha value is -2.50. The molecular formula is C15H19N3O3. The number of ether oxygens (including phenoxy) is 2. The van der Waals surface area contributed by atoms with Gasteiger partial charge < -0.3 is 14.8 Å². The van der Waals surface area contributed by atoms with Gasteiger partial charge >= 0.3 is 0 Å². The molecule has 2 N–H and O–H groups in total.